The highest BCUT2D eigenvalue weighted by molar-refractivity contribution is 5.90. The summed E-state index contributed by atoms with van der Waals surface area (Å²) in [6, 6.07) is 0. The summed E-state index contributed by atoms with van der Waals surface area (Å²) in [4.78, 5) is 11.6. The summed E-state index contributed by atoms with van der Waals surface area (Å²) in [6.07, 6.45) is 39.2. The SMILES string of the molecule is CCCCCCCCCCCC/C=C\CC/C=C\CC[C@H](O)[C@@H](O)CCCCCCCCCCC1=C[C@@H](C)OC1=O. The van der Waals surface area contributed by atoms with E-state index in [9.17, 15) is 15.0 Å². The Bertz CT molecular complexity index is 695. The predicted molar refractivity (Wildman–Crippen MR) is 175 cm³/mol. The Balaban J connectivity index is 1.83. The van der Waals surface area contributed by atoms with Crippen molar-refractivity contribution in [3.63, 3.8) is 0 Å². The number of ether oxygens (including phenoxy) is 1. The van der Waals surface area contributed by atoms with Crippen molar-refractivity contribution >= 4 is 5.97 Å². The van der Waals surface area contributed by atoms with Crippen LogP contribution in [-0.4, -0.2) is 34.5 Å². The van der Waals surface area contributed by atoms with Gasteiger partial charge in [0.15, 0.2) is 0 Å². The first-order valence-corrected chi connectivity index (χ1v) is 17.6. The van der Waals surface area contributed by atoms with E-state index in [1.54, 1.807) is 0 Å². The van der Waals surface area contributed by atoms with Crippen molar-refractivity contribution in [1.29, 1.82) is 0 Å². The van der Waals surface area contributed by atoms with Crippen LogP contribution >= 0.6 is 0 Å². The molecule has 238 valence electrons. The molecule has 0 aromatic heterocycles. The minimum atomic E-state index is -0.615. The zero-order valence-corrected chi connectivity index (χ0v) is 27.0. The van der Waals surface area contributed by atoms with Crippen molar-refractivity contribution in [2.45, 2.75) is 193 Å². The van der Waals surface area contributed by atoms with Crippen molar-refractivity contribution in [3.8, 4) is 0 Å². The smallest absolute Gasteiger partial charge is 0.334 e. The second kappa shape index (κ2) is 27.4. The molecule has 0 radical (unpaired) electrons. The number of rotatable bonds is 29. The van der Waals surface area contributed by atoms with Crippen molar-refractivity contribution in [1.82, 2.24) is 0 Å². The molecule has 0 spiro atoms. The van der Waals surface area contributed by atoms with Crippen LogP contribution < -0.4 is 0 Å². The number of carbonyl (C=O) groups excluding carboxylic acids is 1. The van der Waals surface area contributed by atoms with E-state index >= 15 is 0 Å². The molecule has 0 aromatic rings. The molecular weight excluding hydrogens is 508 g/mol. The van der Waals surface area contributed by atoms with Gasteiger partial charge >= 0.3 is 5.97 Å². The van der Waals surface area contributed by atoms with Gasteiger partial charge in [0.2, 0.25) is 0 Å². The fourth-order valence-electron chi connectivity index (χ4n) is 5.61. The molecule has 2 N–H and O–H groups in total. The monoisotopic (exact) mass is 574 g/mol. The van der Waals surface area contributed by atoms with E-state index < -0.39 is 12.2 Å². The van der Waals surface area contributed by atoms with Gasteiger partial charge in [-0.25, -0.2) is 4.79 Å². The number of hydrogen-bond acceptors (Lipinski definition) is 4. The van der Waals surface area contributed by atoms with Crippen LogP contribution in [0.2, 0.25) is 0 Å². The fourth-order valence-corrected chi connectivity index (χ4v) is 5.61. The van der Waals surface area contributed by atoms with E-state index in [-0.39, 0.29) is 12.1 Å². The van der Waals surface area contributed by atoms with Gasteiger partial charge in [-0.1, -0.05) is 134 Å². The fraction of sp³-hybridized carbons (Fsp3) is 0.811. The van der Waals surface area contributed by atoms with Crippen LogP contribution in [0.4, 0.5) is 0 Å². The van der Waals surface area contributed by atoms with Crippen molar-refractivity contribution in [2.75, 3.05) is 0 Å². The minimum absolute atomic E-state index is 0.0552. The molecule has 4 nitrogen and oxygen atoms in total. The molecule has 0 unspecified atom stereocenters. The molecule has 1 rings (SSSR count). The van der Waals surface area contributed by atoms with Gasteiger partial charge in [0, 0.05) is 5.57 Å². The molecule has 0 amide bonds. The standard InChI is InChI=1S/C37H66O4/c1-3-4-5-6-7-8-9-10-11-12-13-14-15-16-17-21-24-27-30-35(38)36(39)31-28-25-22-19-18-20-23-26-29-34-32-33(2)41-37(34)40/h14-15,21,24,32-33,35-36,38-39H,3-13,16-20,22-23,25-31H2,1-2H3/b15-14-,24-21-/t33-,35+,36+/m1/s1. The molecule has 0 aliphatic carbocycles. The number of allylic oxidation sites excluding steroid dienone is 4. The van der Waals surface area contributed by atoms with E-state index in [0.29, 0.717) is 12.8 Å². The summed E-state index contributed by atoms with van der Waals surface area (Å²) < 4.78 is 5.13. The van der Waals surface area contributed by atoms with Gasteiger partial charge < -0.3 is 14.9 Å². The van der Waals surface area contributed by atoms with Crippen LogP contribution in [-0.2, 0) is 9.53 Å². The zero-order valence-electron chi connectivity index (χ0n) is 27.0. The molecule has 0 aromatic carbocycles. The maximum atomic E-state index is 11.6. The van der Waals surface area contributed by atoms with Gasteiger partial charge in [0.1, 0.15) is 6.10 Å². The molecule has 0 fully saturated rings. The largest absolute Gasteiger partial charge is 0.455 e. The summed E-state index contributed by atoms with van der Waals surface area (Å²) in [7, 11) is 0. The van der Waals surface area contributed by atoms with Crippen LogP contribution in [0.25, 0.3) is 0 Å². The first kappa shape index (κ1) is 37.6. The van der Waals surface area contributed by atoms with Crippen molar-refractivity contribution < 1.29 is 19.7 Å². The van der Waals surface area contributed by atoms with Gasteiger partial charge in [-0.15, -0.1) is 0 Å². The summed E-state index contributed by atoms with van der Waals surface area (Å²) in [5, 5.41) is 20.5. The number of unbranched alkanes of at least 4 members (excludes halogenated alkanes) is 18. The summed E-state index contributed by atoms with van der Waals surface area (Å²) in [5.74, 6) is -0.130. The van der Waals surface area contributed by atoms with Gasteiger partial charge in [-0.3, -0.25) is 0 Å². The lowest BCUT2D eigenvalue weighted by Crippen LogP contribution is -2.25. The number of aliphatic hydroxyl groups excluding tert-OH is 2. The van der Waals surface area contributed by atoms with Crippen molar-refractivity contribution in [3.05, 3.63) is 36.0 Å². The Morgan fingerprint density at radius 3 is 1.66 bits per heavy atom. The van der Waals surface area contributed by atoms with E-state index in [2.05, 4.69) is 31.2 Å². The molecule has 1 heterocycles. The summed E-state index contributed by atoms with van der Waals surface area (Å²) in [6.45, 7) is 4.18. The number of hydrogen-bond donors (Lipinski definition) is 2. The molecule has 1 aliphatic rings. The average molecular weight is 575 g/mol. The van der Waals surface area contributed by atoms with Gasteiger partial charge in [0.25, 0.3) is 0 Å². The first-order valence-electron chi connectivity index (χ1n) is 17.6. The maximum Gasteiger partial charge on any atom is 0.334 e. The Kier molecular flexibility index (Phi) is 25.2. The molecule has 3 atom stereocenters. The zero-order chi connectivity index (χ0) is 29.8. The van der Waals surface area contributed by atoms with Gasteiger partial charge in [0.05, 0.1) is 12.2 Å². The number of aliphatic hydroxyl groups is 2. The molecule has 0 saturated heterocycles. The van der Waals surface area contributed by atoms with E-state index in [1.807, 2.05) is 13.0 Å². The maximum absolute atomic E-state index is 11.6. The number of esters is 1. The van der Waals surface area contributed by atoms with Crippen LogP contribution in [0.1, 0.15) is 174 Å². The van der Waals surface area contributed by atoms with E-state index in [0.717, 1.165) is 56.9 Å². The van der Waals surface area contributed by atoms with Gasteiger partial charge in [-0.05, 0) is 70.8 Å². The van der Waals surface area contributed by atoms with Crippen LogP contribution in [0.15, 0.2) is 36.0 Å². The molecule has 41 heavy (non-hydrogen) atoms. The van der Waals surface area contributed by atoms with Crippen LogP contribution in [0, 0.1) is 0 Å². The normalized spacial score (nSPS) is 17.0. The lowest BCUT2D eigenvalue weighted by Gasteiger charge is -2.17. The van der Waals surface area contributed by atoms with E-state index in [4.69, 9.17) is 4.74 Å². The van der Waals surface area contributed by atoms with Crippen LogP contribution in [0.5, 0.6) is 0 Å². The molecular formula is C37H66O4. The number of carbonyl (C=O) groups is 1. The average Bonchev–Trinajstić information content (AvgIpc) is 3.29. The molecule has 0 bridgehead atoms. The Hall–Kier alpha value is -1.39. The second-order valence-corrected chi connectivity index (χ2v) is 12.4. The third-order valence-electron chi connectivity index (χ3n) is 8.32. The summed E-state index contributed by atoms with van der Waals surface area (Å²) in [5.41, 5.74) is 0.854. The predicted octanol–water partition coefficient (Wildman–Crippen LogP) is 10.5. The summed E-state index contributed by atoms with van der Waals surface area (Å²) >= 11 is 0. The molecule has 4 heteroatoms. The Morgan fingerprint density at radius 2 is 1.10 bits per heavy atom. The number of cyclic esters (lactones) is 1. The second-order valence-electron chi connectivity index (χ2n) is 12.4. The minimum Gasteiger partial charge on any atom is -0.455 e. The third-order valence-corrected chi connectivity index (χ3v) is 8.32. The van der Waals surface area contributed by atoms with E-state index in [1.165, 1.54) is 96.3 Å². The molecule has 1 aliphatic heterocycles. The quantitative estimate of drug-likeness (QED) is 0.0530. The Morgan fingerprint density at radius 1 is 0.634 bits per heavy atom. The van der Waals surface area contributed by atoms with Crippen LogP contribution in [0.3, 0.4) is 0 Å². The Labute approximate surface area is 254 Å². The topological polar surface area (TPSA) is 66.8 Å². The molecule has 0 saturated carbocycles. The highest BCUT2D eigenvalue weighted by Crippen LogP contribution is 2.20. The lowest BCUT2D eigenvalue weighted by atomic mass is 10.0. The highest BCUT2D eigenvalue weighted by Gasteiger charge is 2.21. The first-order chi connectivity index (χ1) is 20.0. The lowest BCUT2D eigenvalue weighted by molar-refractivity contribution is -0.139. The third kappa shape index (κ3) is 22.8. The van der Waals surface area contributed by atoms with Crippen molar-refractivity contribution in [2.24, 2.45) is 0 Å². The van der Waals surface area contributed by atoms with Gasteiger partial charge in [-0.2, -0.15) is 0 Å². The highest BCUT2D eigenvalue weighted by atomic mass is 16.5.